The first-order chi connectivity index (χ1) is 20.8. The Morgan fingerprint density at radius 1 is 0.756 bits per heavy atom. The van der Waals surface area contributed by atoms with Gasteiger partial charge >= 0.3 is 18.4 Å². The minimum atomic E-state index is -4.45. The van der Waals surface area contributed by atoms with E-state index in [1.807, 2.05) is 5.43 Å². The van der Waals surface area contributed by atoms with Crippen molar-refractivity contribution < 1.29 is 45.5 Å². The Morgan fingerprint density at radius 2 is 1.18 bits per heavy atom. The van der Waals surface area contributed by atoms with Crippen LogP contribution in [0.4, 0.5) is 31.1 Å². The highest BCUT2D eigenvalue weighted by atomic mass is 79.9. The largest absolute Gasteiger partial charge is 0.443 e. The lowest BCUT2D eigenvalue weighted by Crippen LogP contribution is -2.44. The molecule has 0 heterocycles. The van der Waals surface area contributed by atoms with Gasteiger partial charge in [-0.15, -0.1) is 0 Å². The van der Waals surface area contributed by atoms with Crippen LogP contribution >= 0.6 is 31.9 Å². The van der Waals surface area contributed by atoms with Crippen molar-refractivity contribution in [1.29, 1.82) is 0 Å². The quantitative estimate of drug-likeness (QED) is 0.0656. The van der Waals surface area contributed by atoms with E-state index < -0.39 is 52.9 Å². The monoisotopic (exact) mass is 776 g/mol. The van der Waals surface area contributed by atoms with E-state index in [-0.39, 0.29) is 18.8 Å². The molecule has 2 rings (SSSR count). The van der Waals surface area contributed by atoms with E-state index in [9.17, 15) is 40.7 Å². The molecule has 2 unspecified atom stereocenters. The van der Waals surface area contributed by atoms with Crippen LogP contribution < -0.4 is 22.1 Å². The van der Waals surface area contributed by atoms with E-state index in [2.05, 4.69) is 42.7 Å². The molecule has 252 valence electrons. The molecule has 2 aromatic carbocycles. The topological polar surface area (TPSA) is 123 Å². The predicted octanol–water partition coefficient (Wildman–Crippen LogP) is 7.47. The van der Waals surface area contributed by atoms with Gasteiger partial charge in [0.1, 0.15) is 5.60 Å². The highest BCUT2D eigenvalue weighted by molar-refractivity contribution is 9.09. The minimum Gasteiger partial charge on any atom is -0.443 e. The summed E-state index contributed by atoms with van der Waals surface area (Å²) in [5, 5.41) is 1.10. The number of carbonyl (C=O) groups is 3. The smallest absolute Gasteiger partial charge is 0.426 e. The van der Waals surface area contributed by atoms with Gasteiger partial charge in [-0.1, -0.05) is 68.3 Å². The molecule has 0 aliphatic rings. The minimum absolute atomic E-state index is 0.0589. The van der Waals surface area contributed by atoms with Crippen molar-refractivity contribution in [3.8, 4) is 0 Å². The van der Waals surface area contributed by atoms with Gasteiger partial charge in [0.05, 0.1) is 11.1 Å². The molecule has 0 aliphatic carbocycles. The predicted molar refractivity (Wildman–Crippen MR) is 164 cm³/mol. The van der Waals surface area contributed by atoms with Crippen molar-refractivity contribution in [2.24, 2.45) is 5.84 Å². The molecular weight excluding hydrogens is 742 g/mol. The zero-order chi connectivity index (χ0) is 34.4. The summed E-state index contributed by atoms with van der Waals surface area (Å²) in [6.07, 6.45) is -8.66. The summed E-state index contributed by atoms with van der Waals surface area (Å²) < 4.78 is 81.5. The SMILES string of the molecule is CC(C)(C)OC(=O)NNC(=O)CC(CCBr)c1cccc(C(F)(F)F)c1.NNC(=O)CC(CCBr)c1cccc(C(F)(F)F)c1. The molecule has 0 spiro atoms. The van der Waals surface area contributed by atoms with Gasteiger partial charge in [0.25, 0.3) is 0 Å². The molecule has 0 bridgehead atoms. The van der Waals surface area contributed by atoms with Gasteiger partial charge in [0, 0.05) is 23.5 Å². The number of benzene rings is 2. The fourth-order valence-electron chi connectivity index (χ4n) is 3.96. The maximum Gasteiger partial charge on any atom is 0.426 e. The molecule has 16 heteroatoms. The number of hydrogen-bond donors (Lipinski definition) is 4. The number of hydrogen-bond acceptors (Lipinski definition) is 5. The van der Waals surface area contributed by atoms with Gasteiger partial charge < -0.3 is 4.74 Å². The van der Waals surface area contributed by atoms with Gasteiger partial charge in [-0.3, -0.25) is 20.4 Å². The second-order valence-electron chi connectivity index (χ2n) is 10.7. The highest BCUT2D eigenvalue weighted by Gasteiger charge is 2.32. The third-order valence-electron chi connectivity index (χ3n) is 6.01. The average molecular weight is 778 g/mol. The number of hydrazine groups is 2. The van der Waals surface area contributed by atoms with E-state index >= 15 is 0 Å². The Kier molecular flexibility index (Phi) is 16.4. The third kappa shape index (κ3) is 15.8. The van der Waals surface area contributed by atoms with Crippen molar-refractivity contribution in [2.75, 3.05) is 10.7 Å². The summed E-state index contributed by atoms with van der Waals surface area (Å²) in [7, 11) is 0. The van der Waals surface area contributed by atoms with E-state index in [1.165, 1.54) is 12.1 Å². The lowest BCUT2D eigenvalue weighted by molar-refractivity contribution is -0.138. The maximum absolute atomic E-state index is 12.9. The number of nitrogens with one attached hydrogen (secondary N) is 3. The van der Waals surface area contributed by atoms with E-state index in [1.54, 1.807) is 32.9 Å². The standard InChI is InChI=1S/C17H22BrF3N2O3.C12H14BrF3N2O/c1-16(2,3)26-15(25)23-22-14(24)10-12(7-8-18)11-5-4-6-13(9-11)17(19,20)21;13-5-4-9(7-11(19)18-17)8-2-1-3-10(6-8)12(14,15)16/h4-6,9,12H,7-8,10H2,1-3H3,(H,22,24)(H,23,25);1-3,6,9H,4-5,7,17H2,(H,18,19). The zero-order valence-corrected chi connectivity index (χ0v) is 27.9. The average Bonchev–Trinajstić information content (AvgIpc) is 2.94. The van der Waals surface area contributed by atoms with E-state index in [0.29, 0.717) is 34.6 Å². The fourth-order valence-corrected chi connectivity index (χ4v) is 5.06. The molecular formula is C29H36Br2F6N4O4. The molecule has 8 nitrogen and oxygen atoms in total. The first kappa shape index (κ1) is 40.2. The lowest BCUT2D eigenvalue weighted by Gasteiger charge is -2.21. The van der Waals surface area contributed by atoms with E-state index in [4.69, 9.17) is 10.6 Å². The van der Waals surface area contributed by atoms with Gasteiger partial charge in [-0.05, 0) is 68.7 Å². The summed E-state index contributed by atoms with van der Waals surface area (Å²) in [5.74, 6) is 3.34. The maximum atomic E-state index is 12.9. The van der Waals surface area contributed by atoms with Crippen molar-refractivity contribution >= 4 is 49.8 Å². The van der Waals surface area contributed by atoms with Crippen LogP contribution in [0.1, 0.15) is 80.5 Å². The first-order valence-corrected chi connectivity index (χ1v) is 15.8. The van der Waals surface area contributed by atoms with E-state index in [0.717, 1.165) is 24.3 Å². The number of amides is 3. The van der Waals surface area contributed by atoms with Gasteiger partial charge in [-0.25, -0.2) is 16.1 Å². The van der Waals surface area contributed by atoms with Crippen molar-refractivity contribution in [2.45, 2.75) is 76.2 Å². The summed E-state index contributed by atoms with van der Waals surface area (Å²) in [4.78, 5) is 34.8. The van der Waals surface area contributed by atoms with Crippen molar-refractivity contribution in [3.63, 3.8) is 0 Å². The van der Waals surface area contributed by atoms with Gasteiger partial charge in [-0.2, -0.15) is 26.3 Å². The number of nitrogens with two attached hydrogens (primary N) is 1. The number of carbonyl (C=O) groups excluding carboxylic acids is 3. The Morgan fingerprint density at radius 3 is 1.53 bits per heavy atom. The number of alkyl halides is 8. The summed E-state index contributed by atoms with van der Waals surface area (Å²) in [6.45, 7) is 5.02. The van der Waals surface area contributed by atoms with Crippen LogP contribution in [0.25, 0.3) is 0 Å². The Labute approximate surface area is 274 Å². The second kappa shape index (κ2) is 18.3. The number of halogens is 8. The van der Waals surface area contributed by atoms with Crippen LogP contribution in [0.2, 0.25) is 0 Å². The van der Waals surface area contributed by atoms with Crippen LogP contribution in [0.5, 0.6) is 0 Å². The van der Waals surface area contributed by atoms with Crippen LogP contribution in [0, 0.1) is 0 Å². The lowest BCUT2D eigenvalue weighted by atomic mass is 9.91. The summed E-state index contributed by atoms with van der Waals surface area (Å²) in [5.41, 5.74) is 5.02. The van der Waals surface area contributed by atoms with Crippen LogP contribution in [-0.2, 0) is 26.7 Å². The highest BCUT2D eigenvalue weighted by Crippen LogP contribution is 2.34. The first-order valence-electron chi connectivity index (χ1n) is 13.5. The molecule has 2 aromatic rings. The van der Waals surface area contributed by atoms with Crippen LogP contribution in [0.15, 0.2) is 48.5 Å². The molecule has 0 aliphatic heterocycles. The third-order valence-corrected chi connectivity index (χ3v) is 6.93. The molecule has 0 fully saturated rings. The van der Waals surface area contributed by atoms with Crippen LogP contribution in [-0.4, -0.2) is 34.2 Å². The second-order valence-corrected chi connectivity index (χ2v) is 12.3. The van der Waals surface area contributed by atoms with Crippen molar-refractivity contribution in [1.82, 2.24) is 16.3 Å². The molecule has 0 saturated carbocycles. The molecule has 5 N–H and O–H groups in total. The van der Waals surface area contributed by atoms with Gasteiger partial charge in [0.15, 0.2) is 0 Å². The molecule has 2 atom stereocenters. The number of ether oxygens (including phenoxy) is 1. The zero-order valence-electron chi connectivity index (χ0n) is 24.8. The number of rotatable bonds is 10. The van der Waals surface area contributed by atoms with Crippen LogP contribution in [0.3, 0.4) is 0 Å². The molecule has 0 aromatic heterocycles. The Hall–Kier alpha value is -2.85. The Bertz CT molecular complexity index is 1260. The molecule has 0 saturated heterocycles. The molecule has 45 heavy (non-hydrogen) atoms. The fraction of sp³-hybridized carbons (Fsp3) is 0.483. The molecule has 0 radical (unpaired) electrons. The molecule has 3 amide bonds. The van der Waals surface area contributed by atoms with Gasteiger partial charge in [0.2, 0.25) is 11.8 Å². The summed E-state index contributed by atoms with van der Waals surface area (Å²) >= 11 is 6.48. The normalized spacial score (nSPS) is 13.1. The Balaban J connectivity index is 0.000000472. The van der Waals surface area contributed by atoms with Crippen molar-refractivity contribution in [3.05, 3.63) is 70.8 Å². The summed E-state index contributed by atoms with van der Waals surface area (Å²) in [6, 6.07) is 9.93.